The van der Waals surface area contributed by atoms with E-state index in [1.165, 1.54) is 23.1 Å². The van der Waals surface area contributed by atoms with Crippen LogP contribution in [0.25, 0.3) is 0 Å². The minimum absolute atomic E-state index is 0.347. The van der Waals surface area contributed by atoms with Gasteiger partial charge in [0.2, 0.25) is 0 Å². The SMILES string of the molecule is Cc1cc(C(C(=O)O)N2CCCC2C(=O)O)ccc1F. The summed E-state index contributed by atoms with van der Waals surface area (Å²) in [6.07, 6.45) is 1.07. The minimum Gasteiger partial charge on any atom is -0.480 e. The average molecular weight is 281 g/mol. The Kier molecular flexibility index (Phi) is 4.04. The quantitative estimate of drug-likeness (QED) is 0.880. The van der Waals surface area contributed by atoms with Crippen LogP contribution in [0.4, 0.5) is 4.39 Å². The Morgan fingerprint density at radius 3 is 2.65 bits per heavy atom. The summed E-state index contributed by atoms with van der Waals surface area (Å²) < 4.78 is 13.3. The molecule has 108 valence electrons. The second-order valence-corrected chi connectivity index (χ2v) is 4.98. The van der Waals surface area contributed by atoms with Crippen molar-refractivity contribution < 1.29 is 24.2 Å². The molecule has 0 radical (unpaired) electrons. The fourth-order valence-electron chi connectivity index (χ4n) is 2.68. The van der Waals surface area contributed by atoms with Gasteiger partial charge >= 0.3 is 11.9 Å². The molecule has 0 aliphatic carbocycles. The number of hydrogen-bond donors (Lipinski definition) is 2. The predicted molar refractivity (Wildman–Crippen MR) is 68.9 cm³/mol. The molecule has 1 aromatic carbocycles. The first-order valence-electron chi connectivity index (χ1n) is 6.39. The molecule has 1 aliphatic heterocycles. The van der Waals surface area contributed by atoms with Gasteiger partial charge in [-0.15, -0.1) is 0 Å². The summed E-state index contributed by atoms with van der Waals surface area (Å²) in [4.78, 5) is 24.2. The highest BCUT2D eigenvalue weighted by Crippen LogP contribution is 2.30. The van der Waals surface area contributed by atoms with Crippen LogP contribution < -0.4 is 0 Å². The first-order chi connectivity index (χ1) is 9.41. The van der Waals surface area contributed by atoms with E-state index >= 15 is 0 Å². The van der Waals surface area contributed by atoms with Crippen LogP contribution in [-0.4, -0.2) is 39.6 Å². The van der Waals surface area contributed by atoms with E-state index in [9.17, 15) is 19.1 Å². The standard InChI is InChI=1S/C14H16FNO4/c1-8-7-9(4-5-10(8)15)12(14(19)20)16-6-2-3-11(16)13(17)18/h4-5,7,11-12H,2-3,6H2,1H3,(H,17,18)(H,19,20). The molecule has 0 saturated carbocycles. The third-order valence-corrected chi connectivity index (χ3v) is 3.64. The van der Waals surface area contributed by atoms with Gasteiger partial charge in [-0.05, 0) is 37.0 Å². The van der Waals surface area contributed by atoms with Crippen LogP contribution >= 0.6 is 0 Å². The monoisotopic (exact) mass is 281 g/mol. The normalized spacial score (nSPS) is 20.8. The number of carboxylic acids is 2. The molecular weight excluding hydrogens is 265 g/mol. The van der Waals surface area contributed by atoms with Gasteiger partial charge in [-0.3, -0.25) is 14.5 Å². The molecule has 2 N–H and O–H groups in total. The Morgan fingerprint density at radius 1 is 1.40 bits per heavy atom. The van der Waals surface area contributed by atoms with E-state index in [0.717, 1.165) is 0 Å². The summed E-state index contributed by atoms with van der Waals surface area (Å²) in [7, 11) is 0. The molecule has 20 heavy (non-hydrogen) atoms. The van der Waals surface area contributed by atoms with Crippen molar-refractivity contribution in [3.05, 3.63) is 35.1 Å². The summed E-state index contributed by atoms with van der Waals surface area (Å²) in [5.41, 5.74) is 0.754. The highest BCUT2D eigenvalue weighted by Gasteiger charge is 2.39. The third kappa shape index (κ3) is 2.65. The average Bonchev–Trinajstić information content (AvgIpc) is 2.82. The third-order valence-electron chi connectivity index (χ3n) is 3.64. The summed E-state index contributed by atoms with van der Waals surface area (Å²) in [6.45, 7) is 1.96. The molecular formula is C14H16FNO4. The van der Waals surface area contributed by atoms with Crippen molar-refractivity contribution >= 4 is 11.9 Å². The largest absolute Gasteiger partial charge is 0.480 e. The van der Waals surface area contributed by atoms with Crippen LogP contribution in [0, 0.1) is 12.7 Å². The van der Waals surface area contributed by atoms with Crippen molar-refractivity contribution in [3.8, 4) is 0 Å². The van der Waals surface area contributed by atoms with Crippen molar-refractivity contribution in [1.82, 2.24) is 4.90 Å². The van der Waals surface area contributed by atoms with Gasteiger partial charge in [-0.2, -0.15) is 0 Å². The van der Waals surface area contributed by atoms with Crippen molar-refractivity contribution in [2.75, 3.05) is 6.54 Å². The highest BCUT2D eigenvalue weighted by atomic mass is 19.1. The lowest BCUT2D eigenvalue weighted by atomic mass is 10.0. The Bertz CT molecular complexity index is 546. The lowest BCUT2D eigenvalue weighted by Crippen LogP contribution is -2.41. The lowest BCUT2D eigenvalue weighted by molar-refractivity contribution is -0.149. The van der Waals surface area contributed by atoms with Crippen LogP contribution in [0.5, 0.6) is 0 Å². The molecule has 6 heteroatoms. The fourth-order valence-corrected chi connectivity index (χ4v) is 2.68. The molecule has 1 aromatic rings. The highest BCUT2D eigenvalue weighted by molar-refractivity contribution is 5.79. The van der Waals surface area contributed by atoms with Gasteiger partial charge in [0.25, 0.3) is 0 Å². The van der Waals surface area contributed by atoms with E-state index in [4.69, 9.17) is 5.11 Å². The number of hydrogen-bond acceptors (Lipinski definition) is 3. The second kappa shape index (κ2) is 5.58. The molecule has 0 spiro atoms. The molecule has 1 aliphatic rings. The number of rotatable bonds is 4. The zero-order chi connectivity index (χ0) is 14.9. The first kappa shape index (κ1) is 14.5. The van der Waals surface area contributed by atoms with Crippen molar-refractivity contribution in [3.63, 3.8) is 0 Å². The number of carboxylic acid groups (broad SMARTS) is 2. The maximum absolute atomic E-state index is 13.3. The summed E-state index contributed by atoms with van der Waals surface area (Å²) in [5, 5.41) is 18.6. The van der Waals surface area contributed by atoms with Gasteiger partial charge in [-0.25, -0.2) is 4.39 Å². The zero-order valence-electron chi connectivity index (χ0n) is 11.0. The van der Waals surface area contributed by atoms with Crippen LogP contribution in [-0.2, 0) is 9.59 Å². The van der Waals surface area contributed by atoms with Crippen LogP contribution in [0.1, 0.15) is 30.0 Å². The Morgan fingerprint density at radius 2 is 2.10 bits per heavy atom. The van der Waals surface area contributed by atoms with Gasteiger partial charge < -0.3 is 10.2 Å². The van der Waals surface area contributed by atoms with Gasteiger partial charge in [-0.1, -0.05) is 12.1 Å². The maximum atomic E-state index is 13.3. The van der Waals surface area contributed by atoms with E-state index in [1.807, 2.05) is 0 Å². The number of aliphatic carboxylic acids is 2. The topological polar surface area (TPSA) is 77.8 Å². The number of carbonyl (C=O) groups is 2. The number of nitrogens with zero attached hydrogens (tertiary/aromatic N) is 1. The molecule has 2 atom stereocenters. The molecule has 1 fully saturated rings. The lowest BCUT2D eigenvalue weighted by Gasteiger charge is -2.28. The predicted octanol–water partition coefficient (Wildman–Crippen LogP) is 1.81. The number of likely N-dealkylation sites (tertiary alicyclic amines) is 1. The first-order valence-corrected chi connectivity index (χ1v) is 6.39. The van der Waals surface area contributed by atoms with E-state index < -0.39 is 29.8 Å². The Hall–Kier alpha value is -1.95. The van der Waals surface area contributed by atoms with E-state index in [1.54, 1.807) is 6.92 Å². The van der Waals surface area contributed by atoms with Gasteiger partial charge in [0.05, 0.1) is 0 Å². The Labute approximate surface area is 115 Å². The molecule has 0 amide bonds. The van der Waals surface area contributed by atoms with Crippen LogP contribution in [0.2, 0.25) is 0 Å². The number of halogens is 1. The van der Waals surface area contributed by atoms with Crippen LogP contribution in [0.15, 0.2) is 18.2 Å². The van der Waals surface area contributed by atoms with Gasteiger partial charge in [0, 0.05) is 6.54 Å². The van der Waals surface area contributed by atoms with E-state index in [0.29, 0.717) is 30.5 Å². The van der Waals surface area contributed by atoms with Crippen LogP contribution in [0.3, 0.4) is 0 Å². The summed E-state index contributed by atoms with van der Waals surface area (Å²) in [5.74, 6) is -2.55. The molecule has 5 nitrogen and oxygen atoms in total. The van der Waals surface area contributed by atoms with E-state index in [-0.39, 0.29) is 0 Å². The van der Waals surface area contributed by atoms with Crippen molar-refractivity contribution in [1.29, 1.82) is 0 Å². The number of aryl methyl sites for hydroxylation is 1. The molecule has 2 unspecified atom stereocenters. The molecule has 2 rings (SSSR count). The molecule has 1 saturated heterocycles. The smallest absolute Gasteiger partial charge is 0.325 e. The second-order valence-electron chi connectivity index (χ2n) is 4.98. The fraction of sp³-hybridized carbons (Fsp3) is 0.429. The van der Waals surface area contributed by atoms with Gasteiger partial charge in [0.1, 0.15) is 17.9 Å². The summed E-state index contributed by atoms with van der Waals surface area (Å²) >= 11 is 0. The maximum Gasteiger partial charge on any atom is 0.325 e. The molecule has 0 bridgehead atoms. The van der Waals surface area contributed by atoms with Gasteiger partial charge in [0.15, 0.2) is 0 Å². The molecule has 1 heterocycles. The Balaban J connectivity index is 2.38. The minimum atomic E-state index is -1.12. The molecule has 0 aromatic heterocycles. The number of benzene rings is 1. The summed E-state index contributed by atoms with van der Waals surface area (Å²) in [6, 6.07) is 2.22. The van der Waals surface area contributed by atoms with E-state index in [2.05, 4.69) is 0 Å². The van der Waals surface area contributed by atoms with Crippen molar-refractivity contribution in [2.45, 2.75) is 31.8 Å². The zero-order valence-corrected chi connectivity index (χ0v) is 11.0. The van der Waals surface area contributed by atoms with Crippen molar-refractivity contribution in [2.24, 2.45) is 0 Å².